The Bertz CT molecular complexity index is 635. The number of hydrogen-bond donors (Lipinski definition) is 1. The van der Waals surface area contributed by atoms with Crippen LogP contribution in [0.25, 0.3) is 0 Å². The van der Waals surface area contributed by atoms with Crippen molar-refractivity contribution < 1.29 is 9.53 Å². The van der Waals surface area contributed by atoms with E-state index < -0.39 is 0 Å². The van der Waals surface area contributed by atoms with Gasteiger partial charge in [-0.1, -0.05) is 12.1 Å². The molecule has 0 aliphatic rings. The fourth-order valence-corrected chi connectivity index (χ4v) is 2.18. The first kappa shape index (κ1) is 18.9. The first-order valence-electron chi connectivity index (χ1n) is 7.16. The third-order valence-electron chi connectivity index (χ3n) is 3.42. The van der Waals surface area contributed by atoms with Crippen molar-refractivity contribution in [2.75, 3.05) is 26.0 Å². The van der Waals surface area contributed by atoms with E-state index in [4.69, 9.17) is 10.5 Å². The number of nitrogens with zero attached hydrogens (tertiary/aromatic N) is 2. The second-order valence-corrected chi connectivity index (χ2v) is 5.11. The first-order chi connectivity index (χ1) is 10.6. The number of aryl methyl sites for hydroxylation is 1. The topological polar surface area (TPSA) is 68.5 Å². The fourth-order valence-electron chi connectivity index (χ4n) is 2.18. The van der Waals surface area contributed by atoms with Crippen molar-refractivity contribution >= 4 is 24.0 Å². The number of aromatic nitrogens is 1. The van der Waals surface area contributed by atoms with Crippen LogP contribution in [-0.2, 0) is 11.3 Å². The molecule has 1 aromatic carbocycles. The number of rotatable bonds is 6. The molecule has 2 N–H and O–H groups in total. The molecule has 5 nitrogen and oxygen atoms in total. The van der Waals surface area contributed by atoms with E-state index in [1.807, 2.05) is 31.2 Å². The fraction of sp³-hybridized carbons (Fsp3) is 0.294. The van der Waals surface area contributed by atoms with E-state index in [1.165, 1.54) is 0 Å². The molecular formula is C17H22ClN3O2. The molecule has 0 bridgehead atoms. The van der Waals surface area contributed by atoms with Gasteiger partial charge in [0.05, 0.1) is 18.8 Å². The Morgan fingerprint density at radius 1 is 1.30 bits per heavy atom. The summed E-state index contributed by atoms with van der Waals surface area (Å²) >= 11 is 0. The molecule has 0 radical (unpaired) electrons. The molecule has 0 aliphatic heterocycles. The third kappa shape index (κ3) is 5.23. The number of nitrogens with two attached hydrogens (primary N) is 1. The lowest BCUT2D eigenvalue weighted by Gasteiger charge is -2.23. The van der Waals surface area contributed by atoms with Crippen LogP contribution in [0.15, 0.2) is 42.6 Å². The zero-order valence-electron chi connectivity index (χ0n) is 13.4. The van der Waals surface area contributed by atoms with Gasteiger partial charge in [-0.15, -0.1) is 12.4 Å². The van der Waals surface area contributed by atoms with Crippen molar-refractivity contribution in [1.82, 2.24) is 9.88 Å². The van der Waals surface area contributed by atoms with Crippen molar-refractivity contribution in [3.63, 3.8) is 0 Å². The van der Waals surface area contributed by atoms with Gasteiger partial charge in [-0.25, -0.2) is 0 Å². The van der Waals surface area contributed by atoms with Crippen LogP contribution in [0.5, 0.6) is 0 Å². The van der Waals surface area contributed by atoms with E-state index in [0.717, 1.165) is 11.3 Å². The summed E-state index contributed by atoms with van der Waals surface area (Å²) in [7, 11) is 1.62. The lowest BCUT2D eigenvalue weighted by molar-refractivity contribution is 0.0677. The normalized spacial score (nSPS) is 10.0. The van der Waals surface area contributed by atoms with E-state index >= 15 is 0 Å². The first-order valence-corrected chi connectivity index (χ1v) is 7.16. The van der Waals surface area contributed by atoms with Gasteiger partial charge in [0.15, 0.2) is 0 Å². The molecule has 2 rings (SSSR count). The summed E-state index contributed by atoms with van der Waals surface area (Å²) in [6.45, 7) is 3.32. The van der Waals surface area contributed by atoms with Crippen LogP contribution in [0, 0.1) is 6.92 Å². The van der Waals surface area contributed by atoms with Crippen LogP contribution in [0.4, 0.5) is 5.69 Å². The van der Waals surface area contributed by atoms with Crippen molar-refractivity contribution in [3.05, 3.63) is 59.4 Å². The predicted octanol–water partition coefficient (Wildman–Crippen LogP) is 2.68. The van der Waals surface area contributed by atoms with Gasteiger partial charge in [0.2, 0.25) is 0 Å². The van der Waals surface area contributed by atoms with Crippen LogP contribution in [0.3, 0.4) is 0 Å². The monoisotopic (exact) mass is 335 g/mol. The number of benzene rings is 1. The van der Waals surface area contributed by atoms with E-state index in [0.29, 0.717) is 30.9 Å². The Labute approximate surface area is 142 Å². The van der Waals surface area contributed by atoms with Gasteiger partial charge >= 0.3 is 0 Å². The standard InChI is InChI=1S/C17H21N3O2.ClH/c1-13-6-7-14(18)11-16(13)17(21)20(9-10-22-2)12-15-5-3-4-8-19-15;/h3-8,11H,9-10,12,18H2,1-2H3;1H. The van der Waals surface area contributed by atoms with Crippen molar-refractivity contribution in [3.8, 4) is 0 Å². The van der Waals surface area contributed by atoms with Crippen molar-refractivity contribution in [1.29, 1.82) is 0 Å². The molecule has 0 saturated heterocycles. The van der Waals surface area contributed by atoms with E-state index in [-0.39, 0.29) is 18.3 Å². The summed E-state index contributed by atoms with van der Waals surface area (Å²) < 4.78 is 5.11. The maximum Gasteiger partial charge on any atom is 0.254 e. The Morgan fingerprint density at radius 2 is 2.09 bits per heavy atom. The zero-order chi connectivity index (χ0) is 15.9. The Hall–Kier alpha value is -2.11. The molecule has 0 atom stereocenters. The number of anilines is 1. The second kappa shape index (κ2) is 9.12. The van der Waals surface area contributed by atoms with E-state index in [1.54, 1.807) is 30.3 Å². The minimum atomic E-state index is -0.0625. The SMILES string of the molecule is COCCN(Cc1ccccn1)C(=O)c1cc(N)ccc1C.Cl. The maximum absolute atomic E-state index is 12.8. The molecule has 0 fully saturated rings. The van der Waals surface area contributed by atoms with Gasteiger partial charge in [-0.05, 0) is 36.8 Å². The Balaban J connectivity index is 0.00000264. The molecule has 124 valence electrons. The van der Waals surface area contributed by atoms with Crippen LogP contribution >= 0.6 is 12.4 Å². The highest BCUT2D eigenvalue weighted by molar-refractivity contribution is 5.96. The molecule has 6 heteroatoms. The lowest BCUT2D eigenvalue weighted by atomic mass is 10.1. The van der Waals surface area contributed by atoms with Gasteiger partial charge in [0.1, 0.15) is 0 Å². The minimum Gasteiger partial charge on any atom is -0.399 e. The van der Waals surface area contributed by atoms with Crippen LogP contribution < -0.4 is 5.73 Å². The Morgan fingerprint density at radius 3 is 2.74 bits per heavy atom. The summed E-state index contributed by atoms with van der Waals surface area (Å²) in [5.74, 6) is -0.0625. The van der Waals surface area contributed by atoms with Crippen LogP contribution in [-0.4, -0.2) is 36.1 Å². The number of nitrogen functional groups attached to an aromatic ring is 1. The predicted molar refractivity (Wildman–Crippen MR) is 93.7 cm³/mol. The highest BCUT2D eigenvalue weighted by Gasteiger charge is 2.18. The van der Waals surface area contributed by atoms with Gasteiger partial charge in [0.25, 0.3) is 5.91 Å². The molecular weight excluding hydrogens is 314 g/mol. The van der Waals surface area contributed by atoms with Crippen molar-refractivity contribution in [2.24, 2.45) is 0 Å². The quantitative estimate of drug-likeness (QED) is 0.824. The van der Waals surface area contributed by atoms with Gasteiger partial charge in [-0.2, -0.15) is 0 Å². The molecule has 0 spiro atoms. The van der Waals surface area contributed by atoms with Crippen molar-refractivity contribution in [2.45, 2.75) is 13.5 Å². The average molecular weight is 336 g/mol. The number of carbonyl (C=O) groups is 1. The van der Waals surface area contributed by atoms with E-state index in [2.05, 4.69) is 4.98 Å². The highest BCUT2D eigenvalue weighted by atomic mass is 35.5. The maximum atomic E-state index is 12.8. The summed E-state index contributed by atoms with van der Waals surface area (Å²) in [5, 5.41) is 0. The molecule has 1 heterocycles. The molecule has 1 amide bonds. The summed E-state index contributed by atoms with van der Waals surface area (Å²) in [6, 6.07) is 11.0. The zero-order valence-corrected chi connectivity index (χ0v) is 14.2. The molecule has 0 unspecified atom stereocenters. The molecule has 1 aromatic heterocycles. The number of hydrogen-bond acceptors (Lipinski definition) is 4. The molecule has 2 aromatic rings. The third-order valence-corrected chi connectivity index (χ3v) is 3.42. The number of carbonyl (C=O) groups excluding carboxylic acids is 1. The number of pyridine rings is 1. The molecule has 0 saturated carbocycles. The summed E-state index contributed by atoms with van der Waals surface area (Å²) in [6.07, 6.45) is 1.72. The average Bonchev–Trinajstić information content (AvgIpc) is 2.54. The van der Waals surface area contributed by atoms with Gasteiger partial charge in [0, 0.05) is 31.1 Å². The van der Waals surface area contributed by atoms with Crippen LogP contribution in [0.2, 0.25) is 0 Å². The van der Waals surface area contributed by atoms with Gasteiger partial charge in [-0.3, -0.25) is 9.78 Å². The number of amides is 1. The lowest BCUT2D eigenvalue weighted by Crippen LogP contribution is -2.34. The Kier molecular flexibility index (Phi) is 7.51. The summed E-state index contributed by atoms with van der Waals surface area (Å²) in [5.41, 5.74) is 8.76. The van der Waals surface area contributed by atoms with E-state index in [9.17, 15) is 4.79 Å². The minimum absolute atomic E-state index is 0. The largest absolute Gasteiger partial charge is 0.399 e. The number of methoxy groups -OCH3 is 1. The second-order valence-electron chi connectivity index (χ2n) is 5.11. The number of halogens is 1. The highest BCUT2D eigenvalue weighted by Crippen LogP contribution is 2.16. The van der Waals surface area contributed by atoms with Gasteiger partial charge < -0.3 is 15.4 Å². The number of ether oxygens (including phenoxy) is 1. The smallest absolute Gasteiger partial charge is 0.254 e. The summed E-state index contributed by atoms with van der Waals surface area (Å²) in [4.78, 5) is 18.8. The molecule has 0 aliphatic carbocycles. The molecule has 23 heavy (non-hydrogen) atoms. The van der Waals surface area contributed by atoms with Crippen LogP contribution in [0.1, 0.15) is 21.6 Å².